The molecule has 0 fully saturated rings. The summed E-state index contributed by atoms with van der Waals surface area (Å²) in [6.07, 6.45) is -0.00140. The van der Waals surface area contributed by atoms with E-state index in [9.17, 15) is 14.7 Å². The number of aliphatic hydroxyl groups excluding tert-OH is 1. The van der Waals surface area contributed by atoms with Gasteiger partial charge in [0.2, 0.25) is 12.7 Å². The maximum absolute atomic E-state index is 13.7. The van der Waals surface area contributed by atoms with E-state index in [4.69, 9.17) is 14.2 Å². The van der Waals surface area contributed by atoms with Gasteiger partial charge in [0.15, 0.2) is 11.5 Å². The van der Waals surface area contributed by atoms with Crippen LogP contribution in [0.4, 0.5) is 5.69 Å². The van der Waals surface area contributed by atoms with Crippen molar-refractivity contribution in [3.05, 3.63) is 83.4 Å². The van der Waals surface area contributed by atoms with Crippen molar-refractivity contribution < 1.29 is 28.9 Å². The van der Waals surface area contributed by atoms with E-state index in [2.05, 4.69) is 17.1 Å². The first kappa shape index (κ1) is 28.4. The zero-order chi connectivity index (χ0) is 28.9. The Labute approximate surface area is 240 Å². The lowest BCUT2D eigenvalue weighted by molar-refractivity contribution is -0.115. The average molecular weight is 560 g/mol. The number of hydrogen-bond donors (Lipinski definition) is 2. The van der Waals surface area contributed by atoms with Gasteiger partial charge < -0.3 is 29.5 Å². The Balaban J connectivity index is 1.35. The van der Waals surface area contributed by atoms with Crippen LogP contribution in [0.5, 0.6) is 17.2 Å². The fraction of sp³-hybridized carbons (Fsp3) is 0.375. The molecule has 5 rings (SSSR count). The van der Waals surface area contributed by atoms with Gasteiger partial charge >= 0.3 is 0 Å². The van der Waals surface area contributed by atoms with Crippen LogP contribution >= 0.6 is 0 Å². The van der Waals surface area contributed by atoms with Gasteiger partial charge in [-0.05, 0) is 55.4 Å². The summed E-state index contributed by atoms with van der Waals surface area (Å²) < 4.78 is 17.5. The Morgan fingerprint density at radius 3 is 2.59 bits per heavy atom. The molecule has 0 aliphatic carbocycles. The van der Waals surface area contributed by atoms with Crippen LogP contribution in [0, 0.1) is 5.92 Å². The minimum atomic E-state index is -0.376. The summed E-state index contributed by atoms with van der Waals surface area (Å²) in [5.41, 5.74) is 2.87. The summed E-state index contributed by atoms with van der Waals surface area (Å²) >= 11 is 0. The van der Waals surface area contributed by atoms with Crippen molar-refractivity contribution in [1.82, 2.24) is 9.80 Å². The van der Waals surface area contributed by atoms with Gasteiger partial charge in [-0.2, -0.15) is 0 Å². The molecule has 9 heteroatoms. The third-order valence-corrected chi connectivity index (χ3v) is 7.54. The molecule has 3 atom stereocenters. The molecule has 3 aromatic carbocycles. The smallest absolute Gasteiger partial charge is 0.258 e. The molecule has 9 nitrogen and oxygen atoms in total. The summed E-state index contributed by atoms with van der Waals surface area (Å²) in [4.78, 5) is 30.3. The van der Waals surface area contributed by atoms with Crippen molar-refractivity contribution in [2.75, 3.05) is 38.9 Å². The molecular weight excluding hydrogens is 522 g/mol. The van der Waals surface area contributed by atoms with Gasteiger partial charge in [0.1, 0.15) is 11.9 Å². The molecule has 0 spiro atoms. The molecule has 0 bridgehead atoms. The van der Waals surface area contributed by atoms with E-state index < -0.39 is 0 Å². The van der Waals surface area contributed by atoms with Gasteiger partial charge in [0.05, 0.1) is 24.6 Å². The molecule has 216 valence electrons. The Kier molecular flexibility index (Phi) is 8.75. The van der Waals surface area contributed by atoms with Gasteiger partial charge in [0, 0.05) is 31.2 Å². The van der Waals surface area contributed by atoms with Crippen molar-refractivity contribution in [3.63, 3.8) is 0 Å². The van der Waals surface area contributed by atoms with Crippen LogP contribution in [0.25, 0.3) is 0 Å². The number of carbonyl (C=O) groups excluding carboxylic acids is 2. The number of benzene rings is 3. The number of hydrogen-bond acceptors (Lipinski definition) is 7. The van der Waals surface area contributed by atoms with Crippen LogP contribution in [-0.4, -0.2) is 72.4 Å². The van der Waals surface area contributed by atoms with Crippen LogP contribution in [0.15, 0.2) is 66.7 Å². The number of aliphatic hydroxyl groups is 1. The zero-order valence-electron chi connectivity index (χ0n) is 23.7. The minimum absolute atomic E-state index is 0.00874. The second-order valence-corrected chi connectivity index (χ2v) is 10.9. The number of fused-ring (bicyclic) bond motifs is 2. The molecule has 0 saturated carbocycles. The number of nitrogens with zero attached hydrogens (tertiary/aromatic N) is 2. The van der Waals surface area contributed by atoms with Crippen molar-refractivity contribution in [1.29, 1.82) is 0 Å². The summed E-state index contributed by atoms with van der Waals surface area (Å²) in [5.74, 6) is 1.54. The van der Waals surface area contributed by atoms with Crippen LogP contribution in [0.1, 0.15) is 35.3 Å². The summed E-state index contributed by atoms with van der Waals surface area (Å²) in [5, 5.41) is 12.9. The first-order valence-corrected chi connectivity index (χ1v) is 13.9. The first-order chi connectivity index (χ1) is 19.8. The van der Waals surface area contributed by atoms with Crippen LogP contribution in [-0.2, 0) is 17.8 Å². The summed E-state index contributed by atoms with van der Waals surface area (Å²) in [7, 11) is 2.03. The lowest BCUT2D eigenvalue weighted by Gasteiger charge is -2.38. The predicted octanol–water partition coefficient (Wildman–Crippen LogP) is 3.95. The van der Waals surface area contributed by atoms with Gasteiger partial charge in [0.25, 0.3) is 5.91 Å². The highest BCUT2D eigenvalue weighted by Gasteiger charge is 2.33. The van der Waals surface area contributed by atoms with E-state index in [1.54, 1.807) is 23.1 Å². The number of amides is 2. The number of nitrogens with one attached hydrogen (secondary N) is 1. The fourth-order valence-electron chi connectivity index (χ4n) is 5.23. The molecule has 2 aliphatic rings. The van der Waals surface area contributed by atoms with Gasteiger partial charge in [-0.15, -0.1) is 0 Å². The second-order valence-electron chi connectivity index (χ2n) is 10.9. The normalized spacial score (nSPS) is 18.8. The Morgan fingerprint density at radius 1 is 1.05 bits per heavy atom. The van der Waals surface area contributed by atoms with Crippen LogP contribution in [0.3, 0.4) is 0 Å². The monoisotopic (exact) mass is 559 g/mol. The quantitative estimate of drug-likeness (QED) is 0.410. The number of rotatable bonds is 9. The Morgan fingerprint density at radius 2 is 1.80 bits per heavy atom. The topological polar surface area (TPSA) is 101 Å². The zero-order valence-corrected chi connectivity index (χ0v) is 23.7. The molecule has 0 aromatic heterocycles. The van der Waals surface area contributed by atoms with Gasteiger partial charge in [-0.1, -0.05) is 43.3 Å². The molecular formula is C32H37N3O6. The highest BCUT2D eigenvalue weighted by molar-refractivity contribution is 6.00. The molecule has 0 radical (unpaired) electrons. The van der Waals surface area contributed by atoms with Crippen molar-refractivity contribution >= 4 is 17.5 Å². The van der Waals surface area contributed by atoms with E-state index in [0.29, 0.717) is 36.6 Å². The van der Waals surface area contributed by atoms with Crippen LogP contribution in [0.2, 0.25) is 0 Å². The third kappa shape index (κ3) is 6.81. The number of anilines is 1. The first-order valence-electron chi connectivity index (χ1n) is 13.9. The molecule has 41 heavy (non-hydrogen) atoms. The highest BCUT2D eigenvalue weighted by Crippen LogP contribution is 2.33. The molecule has 2 amide bonds. The minimum Gasteiger partial charge on any atom is -0.488 e. The lowest BCUT2D eigenvalue weighted by Crippen LogP contribution is -2.49. The molecule has 2 aliphatic heterocycles. The van der Waals surface area contributed by atoms with E-state index >= 15 is 0 Å². The van der Waals surface area contributed by atoms with E-state index in [-0.39, 0.29) is 49.7 Å². The predicted molar refractivity (Wildman–Crippen MR) is 155 cm³/mol. The highest BCUT2D eigenvalue weighted by atomic mass is 16.7. The second kappa shape index (κ2) is 12.6. The third-order valence-electron chi connectivity index (χ3n) is 7.54. The summed E-state index contributed by atoms with van der Waals surface area (Å²) in [6.45, 7) is 5.69. The van der Waals surface area contributed by atoms with Gasteiger partial charge in [-0.3, -0.25) is 14.5 Å². The maximum atomic E-state index is 13.7. The molecule has 2 heterocycles. The van der Waals surface area contributed by atoms with Crippen molar-refractivity contribution in [2.45, 2.75) is 39.0 Å². The number of carbonyl (C=O) groups is 2. The number of ether oxygens (including phenoxy) is 3. The molecule has 3 aromatic rings. The molecule has 2 N–H and O–H groups in total. The molecule has 0 saturated heterocycles. The Bertz CT molecular complexity index is 1380. The maximum Gasteiger partial charge on any atom is 0.258 e. The number of likely N-dealkylation sites (N-methyl/N-ethyl adjacent to an activating group) is 1. The Hall–Kier alpha value is -4.08. The standard InChI is InChI=1S/C32H37N3O6/c1-21-16-35(22(2)19-36)32(38)26-15-25(33-31(37)14-23-7-5-4-6-8-23)10-12-27(26)41-30(21)18-34(3)17-24-9-11-28-29(13-24)40-20-39-28/h4-13,15,21-22,30,36H,14,16-20H2,1-3H3,(H,33,37)/t21-,22+,30+/m1/s1. The SMILES string of the molecule is C[C@@H]1CN([C@@H](C)CO)C(=O)c2cc(NC(=O)Cc3ccccc3)ccc2O[C@H]1CN(C)Cc1ccc2c(c1)OCO2. The van der Waals surface area contributed by atoms with E-state index in [1.807, 2.05) is 62.5 Å². The van der Waals surface area contributed by atoms with Crippen molar-refractivity contribution in [2.24, 2.45) is 5.92 Å². The lowest BCUT2D eigenvalue weighted by atomic mass is 9.99. The summed E-state index contributed by atoms with van der Waals surface area (Å²) in [6, 6.07) is 20.2. The largest absolute Gasteiger partial charge is 0.488 e. The van der Waals surface area contributed by atoms with E-state index in [1.165, 1.54) is 0 Å². The van der Waals surface area contributed by atoms with E-state index in [0.717, 1.165) is 22.6 Å². The fourth-order valence-corrected chi connectivity index (χ4v) is 5.23. The average Bonchev–Trinajstić information content (AvgIpc) is 3.43. The van der Waals surface area contributed by atoms with Crippen LogP contribution < -0.4 is 19.5 Å². The van der Waals surface area contributed by atoms with Crippen molar-refractivity contribution in [3.8, 4) is 17.2 Å². The van der Waals surface area contributed by atoms with Gasteiger partial charge in [-0.25, -0.2) is 0 Å². The molecule has 0 unspecified atom stereocenters.